The SMILES string of the molecule is CC(C)(c1ccc(OCC(O)COc2ccc(-c3ccc(OC4CO4)cc3)cc2)cc1)c1ccc(OC2CO2)cc1. The summed E-state index contributed by atoms with van der Waals surface area (Å²) in [5.74, 6) is 2.99. The summed E-state index contributed by atoms with van der Waals surface area (Å²) in [4.78, 5) is 0. The first-order valence-corrected chi connectivity index (χ1v) is 13.8. The minimum atomic E-state index is -0.768. The van der Waals surface area contributed by atoms with Gasteiger partial charge in [-0.15, -0.1) is 0 Å². The summed E-state index contributed by atoms with van der Waals surface area (Å²) >= 11 is 0. The van der Waals surface area contributed by atoms with E-state index >= 15 is 0 Å². The second-order valence-electron chi connectivity index (χ2n) is 10.8. The van der Waals surface area contributed by atoms with Crippen LogP contribution >= 0.6 is 0 Å². The lowest BCUT2D eigenvalue weighted by Gasteiger charge is -2.26. The maximum absolute atomic E-state index is 10.4. The van der Waals surface area contributed by atoms with Crippen LogP contribution in [0.25, 0.3) is 11.1 Å². The molecule has 4 aromatic rings. The van der Waals surface area contributed by atoms with Crippen LogP contribution in [0.2, 0.25) is 0 Å². The highest BCUT2D eigenvalue weighted by Crippen LogP contribution is 2.34. The molecular formula is C34H34O7. The minimum Gasteiger partial charge on any atom is -0.491 e. The van der Waals surface area contributed by atoms with Crippen LogP contribution in [-0.2, 0) is 14.9 Å². The molecule has 7 nitrogen and oxygen atoms in total. The Bertz CT molecular complexity index is 1410. The Kier molecular flexibility index (Phi) is 7.83. The van der Waals surface area contributed by atoms with Crippen LogP contribution in [0, 0.1) is 0 Å². The summed E-state index contributed by atoms with van der Waals surface area (Å²) in [5, 5.41) is 10.4. The Balaban J connectivity index is 0.957. The van der Waals surface area contributed by atoms with Crippen LogP contribution in [0.15, 0.2) is 97.1 Å². The summed E-state index contributed by atoms with van der Waals surface area (Å²) in [5.41, 5.74) is 4.29. The smallest absolute Gasteiger partial charge is 0.223 e. The van der Waals surface area contributed by atoms with E-state index in [-0.39, 0.29) is 31.2 Å². The maximum Gasteiger partial charge on any atom is 0.223 e. The molecule has 0 radical (unpaired) electrons. The first kappa shape index (κ1) is 27.1. The van der Waals surface area contributed by atoms with Crippen LogP contribution in [0.5, 0.6) is 23.0 Å². The van der Waals surface area contributed by atoms with Gasteiger partial charge in [-0.05, 0) is 70.8 Å². The van der Waals surface area contributed by atoms with E-state index in [4.69, 9.17) is 28.4 Å². The van der Waals surface area contributed by atoms with Crippen LogP contribution < -0.4 is 18.9 Å². The van der Waals surface area contributed by atoms with Crippen LogP contribution in [0.3, 0.4) is 0 Å². The molecule has 2 fully saturated rings. The molecule has 0 aromatic heterocycles. The molecular weight excluding hydrogens is 520 g/mol. The molecule has 3 unspecified atom stereocenters. The molecule has 2 aliphatic rings. The largest absolute Gasteiger partial charge is 0.491 e. The van der Waals surface area contributed by atoms with E-state index < -0.39 is 6.10 Å². The predicted molar refractivity (Wildman–Crippen MR) is 155 cm³/mol. The van der Waals surface area contributed by atoms with Gasteiger partial charge in [0.1, 0.15) is 55.5 Å². The van der Waals surface area contributed by atoms with Gasteiger partial charge >= 0.3 is 0 Å². The number of aliphatic hydroxyl groups is 1. The Hall–Kier alpha value is -4.04. The molecule has 0 spiro atoms. The zero-order valence-corrected chi connectivity index (χ0v) is 23.2. The Morgan fingerprint density at radius 2 is 0.951 bits per heavy atom. The average molecular weight is 555 g/mol. The molecule has 6 rings (SSSR count). The van der Waals surface area contributed by atoms with E-state index in [0.29, 0.717) is 24.7 Å². The molecule has 41 heavy (non-hydrogen) atoms. The lowest BCUT2D eigenvalue weighted by molar-refractivity contribution is 0.0626. The predicted octanol–water partition coefficient (Wildman–Crippen LogP) is 5.97. The fourth-order valence-corrected chi connectivity index (χ4v) is 4.51. The van der Waals surface area contributed by atoms with Gasteiger partial charge in [0.15, 0.2) is 0 Å². The fraction of sp³-hybridized carbons (Fsp3) is 0.294. The summed E-state index contributed by atoms with van der Waals surface area (Å²) in [6.45, 7) is 5.95. The molecule has 7 heteroatoms. The van der Waals surface area contributed by atoms with Crippen LogP contribution in [0.1, 0.15) is 25.0 Å². The Morgan fingerprint density at radius 3 is 1.34 bits per heavy atom. The second-order valence-corrected chi connectivity index (χ2v) is 10.8. The standard InChI is InChI=1S/C34H34O7/c1-34(2,26-9-17-31(18-10-26)41-33-22-39-33)25-7-15-29(16-8-25)37-20-27(35)19-36-28-11-3-23(4-12-28)24-5-13-30(14-6-24)40-32-21-38-32/h3-18,27,32-33,35H,19-22H2,1-2H3. The average Bonchev–Trinajstić information content (AvgIpc) is 3.94. The van der Waals surface area contributed by atoms with Gasteiger partial charge in [-0.1, -0.05) is 62.4 Å². The van der Waals surface area contributed by atoms with E-state index in [0.717, 1.165) is 28.2 Å². The molecule has 3 atom stereocenters. The molecule has 212 valence electrons. The summed E-state index contributed by atoms with van der Waals surface area (Å²) in [6.07, 6.45) is -0.971. The molecule has 0 bridgehead atoms. The summed E-state index contributed by atoms with van der Waals surface area (Å²) in [6, 6.07) is 31.8. The normalized spacial score (nSPS) is 18.3. The quantitative estimate of drug-likeness (QED) is 0.204. The Morgan fingerprint density at radius 1 is 0.610 bits per heavy atom. The zero-order valence-electron chi connectivity index (χ0n) is 23.2. The van der Waals surface area contributed by atoms with Gasteiger partial charge < -0.3 is 33.5 Å². The number of ether oxygens (including phenoxy) is 6. The molecule has 4 aromatic carbocycles. The summed E-state index contributed by atoms with van der Waals surface area (Å²) in [7, 11) is 0. The van der Waals surface area contributed by atoms with Crippen molar-refractivity contribution in [3.05, 3.63) is 108 Å². The fourth-order valence-electron chi connectivity index (χ4n) is 4.51. The molecule has 2 aliphatic heterocycles. The number of rotatable bonds is 13. The third-order valence-electron chi connectivity index (χ3n) is 7.22. The highest BCUT2D eigenvalue weighted by Gasteiger charge is 2.26. The monoisotopic (exact) mass is 554 g/mol. The van der Waals surface area contributed by atoms with Crippen molar-refractivity contribution in [2.45, 2.75) is 37.9 Å². The third kappa shape index (κ3) is 7.19. The molecule has 2 heterocycles. The molecule has 0 amide bonds. The van der Waals surface area contributed by atoms with Crippen molar-refractivity contribution in [3.8, 4) is 34.1 Å². The van der Waals surface area contributed by atoms with E-state index in [2.05, 4.69) is 38.1 Å². The van der Waals surface area contributed by atoms with Crippen LogP contribution in [-0.4, -0.2) is 50.2 Å². The topological polar surface area (TPSA) is 82.2 Å². The number of benzene rings is 4. The first-order valence-electron chi connectivity index (χ1n) is 13.8. The van der Waals surface area contributed by atoms with Crippen LogP contribution in [0.4, 0.5) is 0 Å². The molecule has 2 saturated heterocycles. The van der Waals surface area contributed by atoms with Crippen molar-refractivity contribution in [3.63, 3.8) is 0 Å². The van der Waals surface area contributed by atoms with Gasteiger partial charge in [0, 0.05) is 5.41 Å². The number of epoxide rings is 2. The highest BCUT2D eigenvalue weighted by atomic mass is 16.8. The zero-order chi connectivity index (χ0) is 28.2. The molecule has 0 saturated carbocycles. The maximum atomic E-state index is 10.4. The second kappa shape index (κ2) is 11.8. The van der Waals surface area contributed by atoms with Crippen molar-refractivity contribution in [1.29, 1.82) is 0 Å². The van der Waals surface area contributed by atoms with Gasteiger partial charge in [0.25, 0.3) is 0 Å². The number of hydrogen-bond acceptors (Lipinski definition) is 7. The van der Waals surface area contributed by atoms with E-state index in [9.17, 15) is 5.11 Å². The number of hydrogen-bond donors (Lipinski definition) is 1. The molecule has 0 aliphatic carbocycles. The van der Waals surface area contributed by atoms with E-state index in [1.807, 2.05) is 72.8 Å². The van der Waals surface area contributed by atoms with Gasteiger partial charge in [-0.25, -0.2) is 0 Å². The van der Waals surface area contributed by atoms with Crippen molar-refractivity contribution in [2.75, 3.05) is 26.4 Å². The van der Waals surface area contributed by atoms with Crippen molar-refractivity contribution < 1.29 is 33.5 Å². The first-order chi connectivity index (χ1) is 19.9. The Labute approximate surface area is 240 Å². The lowest BCUT2D eigenvalue weighted by atomic mass is 9.78. The van der Waals surface area contributed by atoms with Crippen molar-refractivity contribution >= 4 is 0 Å². The molecule has 1 N–H and O–H groups in total. The van der Waals surface area contributed by atoms with Crippen molar-refractivity contribution in [2.24, 2.45) is 0 Å². The lowest BCUT2D eigenvalue weighted by Crippen LogP contribution is -2.25. The van der Waals surface area contributed by atoms with Gasteiger partial charge in [-0.2, -0.15) is 0 Å². The van der Waals surface area contributed by atoms with E-state index in [1.165, 1.54) is 5.56 Å². The third-order valence-corrected chi connectivity index (χ3v) is 7.22. The highest BCUT2D eigenvalue weighted by molar-refractivity contribution is 5.64. The summed E-state index contributed by atoms with van der Waals surface area (Å²) < 4.78 is 33.1. The van der Waals surface area contributed by atoms with Gasteiger partial charge in [0.2, 0.25) is 12.6 Å². The van der Waals surface area contributed by atoms with Gasteiger partial charge in [-0.3, -0.25) is 0 Å². The van der Waals surface area contributed by atoms with E-state index in [1.54, 1.807) is 0 Å². The van der Waals surface area contributed by atoms with Crippen molar-refractivity contribution in [1.82, 2.24) is 0 Å². The minimum absolute atomic E-state index is 0.101. The number of aliphatic hydroxyl groups excluding tert-OH is 1. The van der Waals surface area contributed by atoms with Gasteiger partial charge in [0.05, 0.1) is 0 Å².